The van der Waals surface area contributed by atoms with Crippen molar-refractivity contribution in [3.8, 4) is 0 Å². The van der Waals surface area contributed by atoms with E-state index in [-0.39, 0.29) is 0 Å². The van der Waals surface area contributed by atoms with E-state index in [1.54, 1.807) is 8.61 Å². The smallest absolute Gasteiger partial charge is 0.282 e. The second-order valence-corrected chi connectivity index (χ2v) is 7.43. The van der Waals surface area contributed by atoms with Crippen LogP contribution in [0.2, 0.25) is 0 Å². The topological polar surface area (TPSA) is 66.6 Å². The molecule has 0 saturated carbocycles. The number of benzene rings is 1. The summed E-state index contributed by atoms with van der Waals surface area (Å²) in [6, 6.07) is 7.46. The van der Waals surface area contributed by atoms with Crippen LogP contribution >= 0.6 is 0 Å². The first kappa shape index (κ1) is 16.3. The van der Waals surface area contributed by atoms with Gasteiger partial charge in [0.15, 0.2) is 0 Å². The van der Waals surface area contributed by atoms with Gasteiger partial charge < -0.3 is 5.73 Å². The number of rotatable bonds is 6. The molecule has 1 aromatic carbocycles. The molecule has 0 unspecified atom stereocenters. The number of nitrogens with two attached hydrogens (primary N) is 1. The summed E-state index contributed by atoms with van der Waals surface area (Å²) in [5.41, 5.74) is 7.46. The first-order chi connectivity index (χ1) is 10.1. The minimum atomic E-state index is -3.39. The number of anilines is 1. The Bertz CT molecular complexity index is 554. The summed E-state index contributed by atoms with van der Waals surface area (Å²) in [5, 5.41) is 0. The van der Waals surface area contributed by atoms with Crippen LogP contribution in [-0.2, 0) is 16.8 Å². The highest BCUT2D eigenvalue weighted by Crippen LogP contribution is 2.21. The highest BCUT2D eigenvalue weighted by Gasteiger charge is 2.30. The van der Waals surface area contributed by atoms with Gasteiger partial charge in [0.25, 0.3) is 10.2 Å². The molecule has 0 amide bonds. The predicted octanol–water partition coefficient (Wildman–Crippen LogP) is 2.21. The molecule has 0 atom stereocenters. The highest BCUT2D eigenvalue weighted by molar-refractivity contribution is 7.86. The third-order valence-electron chi connectivity index (χ3n) is 3.84. The van der Waals surface area contributed by atoms with Crippen LogP contribution < -0.4 is 5.73 Å². The number of nitrogen functional groups attached to an aromatic ring is 1. The van der Waals surface area contributed by atoms with E-state index >= 15 is 0 Å². The third-order valence-corrected chi connectivity index (χ3v) is 5.82. The summed E-state index contributed by atoms with van der Waals surface area (Å²) in [7, 11) is -3.39. The molecule has 2 N–H and O–H groups in total. The average Bonchev–Trinajstić information content (AvgIpc) is 2.50. The van der Waals surface area contributed by atoms with Gasteiger partial charge in [-0.05, 0) is 30.9 Å². The largest absolute Gasteiger partial charge is 0.398 e. The molecule has 6 heteroatoms. The van der Waals surface area contributed by atoms with Crippen LogP contribution in [0.15, 0.2) is 24.3 Å². The quantitative estimate of drug-likeness (QED) is 0.819. The van der Waals surface area contributed by atoms with Crippen LogP contribution in [0.3, 0.4) is 0 Å². The summed E-state index contributed by atoms with van der Waals surface area (Å²) >= 11 is 0. The van der Waals surface area contributed by atoms with E-state index in [0.717, 1.165) is 31.2 Å². The van der Waals surface area contributed by atoms with Crippen LogP contribution in [0, 0.1) is 0 Å². The summed E-state index contributed by atoms with van der Waals surface area (Å²) in [6.07, 6.45) is 3.81. The molecule has 0 radical (unpaired) electrons. The lowest BCUT2D eigenvalue weighted by atomic mass is 10.2. The fourth-order valence-electron chi connectivity index (χ4n) is 2.65. The maximum atomic E-state index is 12.8. The van der Waals surface area contributed by atoms with E-state index in [0.29, 0.717) is 31.9 Å². The van der Waals surface area contributed by atoms with Gasteiger partial charge in [0.05, 0.1) is 0 Å². The second-order valence-electron chi connectivity index (χ2n) is 5.50. The Hall–Kier alpha value is -1.11. The van der Waals surface area contributed by atoms with Crippen LogP contribution in [0.5, 0.6) is 0 Å². The minimum Gasteiger partial charge on any atom is -0.398 e. The molecule has 2 rings (SSSR count). The van der Waals surface area contributed by atoms with Crippen molar-refractivity contribution >= 4 is 15.9 Å². The molecule has 0 aliphatic carbocycles. The van der Waals surface area contributed by atoms with E-state index in [4.69, 9.17) is 5.73 Å². The SMILES string of the molecule is CCCN(Cc1ccccc1N)S(=O)(=O)N1CCCCC1. The minimum absolute atomic E-state index is 0.347. The van der Waals surface area contributed by atoms with Gasteiger partial charge in [0, 0.05) is 31.9 Å². The first-order valence-corrected chi connectivity index (χ1v) is 9.04. The van der Waals surface area contributed by atoms with E-state index < -0.39 is 10.2 Å². The lowest BCUT2D eigenvalue weighted by Crippen LogP contribution is -2.46. The summed E-state index contributed by atoms with van der Waals surface area (Å²) in [6.45, 7) is 4.12. The van der Waals surface area contributed by atoms with Gasteiger partial charge in [-0.15, -0.1) is 0 Å². The van der Waals surface area contributed by atoms with Crippen molar-refractivity contribution in [3.05, 3.63) is 29.8 Å². The van der Waals surface area contributed by atoms with Crippen LogP contribution in [0.25, 0.3) is 0 Å². The molecule has 1 aliphatic heterocycles. The lowest BCUT2D eigenvalue weighted by Gasteiger charge is -2.32. The summed E-state index contributed by atoms with van der Waals surface area (Å²) in [4.78, 5) is 0. The Morgan fingerprint density at radius 1 is 1.19 bits per heavy atom. The Morgan fingerprint density at radius 3 is 2.48 bits per heavy atom. The molecule has 1 fully saturated rings. The van der Waals surface area contributed by atoms with Gasteiger partial charge in [0.1, 0.15) is 0 Å². The highest BCUT2D eigenvalue weighted by atomic mass is 32.2. The Kier molecular flexibility index (Phi) is 5.61. The number of hydrogen-bond donors (Lipinski definition) is 1. The maximum Gasteiger partial charge on any atom is 0.282 e. The molecular formula is C15H25N3O2S. The van der Waals surface area contributed by atoms with Crippen molar-refractivity contribution in [1.29, 1.82) is 0 Å². The van der Waals surface area contributed by atoms with E-state index in [1.807, 2.05) is 31.2 Å². The molecule has 1 aromatic rings. The molecule has 0 bridgehead atoms. The molecule has 5 nitrogen and oxygen atoms in total. The van der Waals surface area contributed by atoms with Gasteiger partial charge in [-0.25, -0.2) is 0 Å². The molecule has 0 aromatic heterocycles. The van der Waals surface area contributed by atoms with E-state index in [9.17, 15) is 8.42 Å². The lowest BCUT2D eigenvalue weighted by molar-refractivity contribution is 0.299. The zero-order chi connectivity index (χ0) is 15.3. The van der Waals surface area contributed by atoms with Crippen LogP contribution in [-0.4, -0.2) is 36.7 Å². The van der Waals surface area contributed by atoms with Gasteiger partial charge in [-0.1, -0.05) is 31.5 Å². The molecule has 21 heavy (non-hydrogen) atoms. The predicted molar refractivity (Wildman–Crippen MR) is 85.9 cm³/mol. The molecule has 1 saturated heterocycles. The number of nitrogens with zero attached hydrogens (tertiary/aromatic N) is 2. The molecular weight excluding hydrogens is 286 g/mol. The van der Waals surface area contributed by atoms with Crippen molar-refractivity contribution < 1.29 is 8.42 Å². The van der Waals surface area contributed by atoms with Crippen LogP contribution in [0.4, 0.5) is 5.69 Å². The Balaban J connectivity index is 2.19. The number of para-hydroxylation sites is 1. The normalized spacial score (nSPS) is 17.2. The number of hydrogen-bond acceptors (Lipinski definition) is 3. The van der Waals surface area contributed by atoms with Gasteiger partial charge in [0.2, 0.25) is 0 Å². The van der Waals surface area contributed by atoms with Gasteiger partial charge in [-0.2, -0.15) is 17.0 Å². The molecule has 0 spiro atoms. The molecule has 1 aliphatic rings. The van der Waals surface area contributed by atoms with Crippen LogP contribution in [0.1, 0.15) is 38.2 Å². The summed E-state index contributed by atoms with van der Waals surface area (Å²) in [5.74, 6) is 0. The van der Waals surface area contributed by atoms with Gasteiger partial charge in [-0.3, -0.25) is 0 Å². The fraction of sp³-hybridized carbons (Fsp3) is 0.600. The second kappa shape index (κ2) is 7.24. The van der Waals surface area contributed by atoms with E-state index in [2.05, 4.69) is 0 Å². The standard InChI is InChI=1S/C15H25N3O2S/c1-2-10-18(13-14-8-4-5-9-15(14)16)21(19,20)17-11-6-3-7-12-17/h4-5,8-9H,2-3,6-7,10-13,16H2,1H3. The fourth-order valence-corrected chi connectivity index (χ4v) is 4.41. The zero-order valence-corrected chi connectivity index (χ0v) is 13.5. The maximum absolute atomic E-state index is 12.8. The van der Waals surface area contributed by atoms with Crippen molar-refractivity contribution in [3.63, 3.8) is 0 Å². The van der Waals surface area contributed by atoms with Crippen molar-refractivity contribution in [2.24, 2.45) is 0 Å². The monoisotopic (exact) mass is 311 g/mol. The summed E-state index contributed by atoms with van der Waals surface area (Å²) < 4.78 is 28.8. The molecule has 1 heterocycles. The third kappa shape index (κ3) is 3.96. The van der Waals surface area contributed by atoms with E-state index in [1.165, 1.54) is 0 Å². The zero-order valence-electron chi connectivity index (χ0n) is 12.7. The van der Waals surface area contributed by atoms with Gasteiger partial charge >= 0.3 is 0 Å². The molecule has 118 valence electrons. The Labute approximate surface area is 127 Å². The van der Waals surface area contributed by atoms with Crippen molar-refractivity contribution in [2.45, 2.75) is 39.2 Å². The average molecular weight is 311 g/mol. The number of piperidine rings is 1. The van der Waals surface area contributed by atoms with Crippen molar-refractivity contribution in [1.82, 2.24) is 8.61 Å². The first-order valence-electron chi connectivity index (χ1n) is 7.64. The van der Waals surface area contributed by atoms with Crippen molar-refractivity contribution in [2.75, 3.05) is 25.4 Å². The Morgan fingerprint density at radius 2 is 1.86 bits per heavy atom.